The van der Waals surface area contributed by atoms with Crippen molar-refractivity contribution in [2.75, 3.05) is 11.0 Å². The third-order valence-corrected chi connectivity index (χ3v) is 5.78. The maximum Gasteiger partial charge on any atom is 0.283 e. The number of fused-ring (bicyclic) bond motifs is 1. The van der Waals surface area contributed by atoms with Gasteiger partial charge in [-0.25, -0.2) is 13.5 Å². The first-order valence-corrected chi connectivity index (χ1v) is 9.49. The normalized spacial score (nSPS) is 19.8. The number of aromatic nitrogens is 2. The fourth-order valence-corrected chi connectivity index (χ4v) is 4.22. The average molecular weight is 485 g/mol. The number of rotatable bonds is 3. The average Bonchev–Trinajstić information content (AvgIpc) is 2.92. The molecule has 3 rings (SSSR count). The van der Waals surface area contributed by atoms with Crippen molar-refractivity contribution in [3.8, 4) is 0 Å². The molecule has 1 aliphatic rings. The molecule has 0 radical (unpaired) electrons. The van der Waals surface area contributed by atoms with Gasteiger partial charge in [0.2, 0.25) is 0 Å². The fourth-order valence-electron chi connectivity index (χ4n) is 2.93. The van der Waals surface area contributed by atoms with Crippen LogP contribution in [0.1, 0.15) is 36.6 Å². The van der Waals surface area contributed by atoms with Gasteiger partial charge in [0, 0.05) is 22.0 Å². The topological polar surface area (TPSA) is 27.1 Å². The van der Waals surface area contributed by atoms with Crippen molar-refractivity contribution in [3.63, 3.8) is 0 Å². The molecule has 1 aliphatic heterocycles. The minimum atomic E-state index is -2.86. The minimum Gasteiger partial charge on any atom is -0.356 e. The van der Waals surface area contributed by atoms with Crippen molar-refractivity contribution >= 4 is 49.4 Å². The molecule has 0 saturated carbocycles. The molecule has 1 atom stereocenters. The molecule has 1 unspecified atom stereocenters. The maximum absolute atomic E-state index is 14.2. The lowest BCUT2D eigenvalue weighted by atomic mass is 10.0. The van der Waals surface area contributed by atoms with Crippen molar-refractivity contribution in [3.05, 3.63) is 27.9 Å². The monoisotopic (exact) mass is 484 g/mol. The van der Waals surface area contributed by atoms with E-state index < -0.39 is 5.92 Å². The van der Waals surface area contributed by atoms with Crippen LogP contribution in [0.3, 0.4) is 0 Å². The molecule has 1 aromatic carbocycles. The highest BCUT2D eigenvalue weighted by molar-refractivity contribution is 14.1. The van der Waals surface area contributed by atoms with E-state index in [1.165, 1.54) is 0 Å². The van der Waals surface area contributed by atoms with E-state index in [1.54, 1.807) is 41.8 Å². The molecule has 2 aromatic rings. The molecule has 0 N–H and O–H groups in total. The van der Waals surface area contributed by atoms with Gasteiger partial charge >= 0.3 is 0 Å². The number of alkyl halides is 3. The molecule has 22 heavy (non-hydrogen) atoms. The summed E-state index contributed by atoms with van der Waals surface area (Å²) in [6.07, 6.45) is 4.60. The number of nitrogens with zero attached hydrogens (tertiary/aromatic N) is 2. The van der Waals surface area contributed by atoms with Crippen molar-refractivity contribution in [1.82, 2.24) is 9.78 Å². The highest BCUT2D eigenvalue weighted by Crippen LogP contribution is 2.42. The Morgan fingerprint density at radius 3 is 2.91 bits per heavy atom. The first-order valence-electron chi connectivity index (χ1n) is 7.18. The Morgan fingerprint density at radius 2 is 2.27 bits per heavy atom. The number of halogens is 4. The number of hydrogen-bond donors (Lipinski definition) is 0. The molecule has 1 fully saturated rings. The summed E-state index contributed by atoms with van der Waals surface area (Å²) in [4.78, 5) is 0. The Kier molecular flexibility index (Phi) is 4.76. The third-order valence-electron chi connectivity index (χ3n) is 4.00. The lowest BCUT2D eigenvalue weighted by molar-refractivity contribution is -0.0366. The van der Waals surface area contributed by atoms with E-state index in [0.29, 0.717) is 15.4 Å². The van der Waals surface area contributed by atoms with Crippen LogP contribution in [-0.2, 0) is 10.7 Å². The Hall–Kier alpha value is -0.280. The molecule has 2 heterocycles. The highest BCUT2D eigenvalue weighted by atomic mass is 127. The maximum atomic E-state index is 14.2. The van der Waals surface area contributed by atoms with Gasteiger partial charge in [-0.2, -0.15) is 5.10 Å². The van der Waals surface area contributed by atoms with Crippen molar-refractivity contribution in [1.29, 1.82) is 0 Å². The predicted molar refractivity (Wildman–Crippen MR) is 93.8 cm³/mol. The Bertz CT molecular complexity index is 698. The molecule has 3 nitrogen and oxygen atoms in total. The SMILES string of the molecule is Cc1cc2c(cnn2C2CCCCO2)c(Br)c1C(F)(F)CI. The van der Waals surface area contributed by atoms with Crippen LogP contribution in [0.5, 0.6) is 0 Å². The molecule has 0 aliphatic carbocycles. The van der Waals surface area contributed by atoms with Gasteiger partial charge in [0.15, 0.2) is 6.23 Å². The molecule has 7 heteroatoms. The second-order valence-electron chi connectivity index (χ2n) is 5.56. The zero-order valence-corrected chi connectivity index (χ0v) is 15.8. The van der Waals surface area contributed by atoms with Gasteiger partial charge in [-0.3, -0.25) is 0 Å². The minimum absolute atomic E-state index is 0.0542. The number of ether oxygens (including phenoxy) is 1. The Morgan fingerprint density at radius 1 is 1.50 bits per heavy atom. The lowest BCUT2D eigenvalue weighted by Crippen LogP contribution is -2.20. The zero-order chi connectivity index (χ0) is 15.9. The first-order chi connectivity index (χ1) is 10.5. The van der Waals surface area contributed by atoms with Gasteiger partial charge in [-0.05, 0) is 53.7 Å². The summed E-state index contributed by atoms with van der Waals surface area (Å²) in [6, 6.07) is 1.79. The zero-order valence-electron chi connectivity index (χ0n) is 12.1. The van der Waals surface area contributed by atoms with Gasteiger partial charge in [-0.1, -0.05) is 22.6 Å². The number of hydrogen-bond acceptors (Lipinski definition) is 2. The molecule has 0 amide bonds. The van der Waals surface area contributed by atoms with Gasteiger partial charge in [-0.15, -0.1) is 0 Å². The largest absolute Gasteiger partial charge is 0.356 e. The molecule has 120 valence electrons. The Labute approximate surface area is 149 Å². The van der Waals surface area contributed by atoms with Crippen molar-refractivity contribution in [2.24, 2.45) is 0 Å². The first kappa shape index (κ1) is 16.6. The quantitative estimate of drug-likeness (QED) is 0.434. The Balaban J connectivity index is 2.14. The lowest BCUT2D eigenvalue weighted by Gasteiger charge is -2.24. The van der Waals surface area contributed by atoms with Gasteiger partial charge in [0.05, 0.1) is 16.1 Å². The van der Waals surface area contributed by atoms with Gasteiger partial charge < -0.3 is 4.74 Å². The van der Waals surface area contributed by atoms with E-state index in [0.717, 1.165) is 31.4 Å². The van der Waals surface area contributed by atoms with E-state index >= 15 is 0 Å². The fraction of sp³-hybridized carbons (Fsp3) is 0.533. The molecule has 1 aromatic heterocycles. The second-order valence-corrected chi connectivity index (χ2v) is 7.12. The smallest absolute Gasteiger partial charge is 0.283 e. The van der Waals surface area contributed by atoms with E-state index in [9.17, 15) is 8.78 Å². The molecular formula is C15H16BrF2IN2O. The van der Waals surface area contributed by atoms with E-state index in [2.05, 4.69) is 21.0 Å². The van der Waals surface area contributed by atoms with Crippen LogP contribution in [0.15, 0.2) is 16.7 Å². The standard InChI is InChI=1S/C15H16BrF2IN2O/c1-9-6-11-10(14(16)13(9)15(17,18)8-19)7-20-21(11)12-4-2-3-5-22-12/h6-7,12H,2-5,8H2,1H3. The van der Waals surface area contributed by atoms with Crippen molar-refractivity contribution < 1.29 is 13.5 Å². The van der Waals surface area contributed by atoms with Crippen LogP contribution in [0, 0.1) is 6.92 Å². The summed E-state index contributed by atoms with van der Waals surface area (Å²) in [6.45, 7) is 2.44. The van der Waals surface area contributed by atoms with Crippen LogP contribution < -0.4 is 0 Å². The molecule has 0 bridgehead atoms. The summed E-state index contributed by atoms with van der Waals surface area (Å²) < 4.78 is 36.2. The molecule has 1 saturated heterocycles. The summed E-state index contributed by atoms with van der Waals surface area (Å²) in [5.74, 6) is -2.86. The van der Waals surface area contributed by atoms with Crippen LogP contribution in [0.2, 0.25) is 0 Å². The van der Waals surface area contributed by atoms with E-state index in [4.69, 9.17) is 4.74 Å². The number of benzene rings is 1. The van der Waals surface area contributed by atoms with E-state index in [1.807, 2.05) is 4.68 Å². The highest BCUT2D eigenvalue weighted by Gasteiger charge is 2.35. The van der Waals surface area contributed by atoms with Gasteiger partial charge in [0.25, 0.3) is 5.92 Å². The summed E-state index contributed by atoms with van der Waals surface area (Å²) in [5, 5.41) is 5.09. The second kappa shape index (κ2) is 6.32. The van der Waals surface area contributed by atoms with Gasteiger partial charge in [0.1, 0.15) is 0 Å². The number of aryl methyl sites for hydroxylation is 1. The van der Waals surface area contributed by atoms with Crippen LogP contribution in [0.25, 0.3) is 10.9 Å². The van der Waals surface area contributed by atoms with Crippen molar-refractivity contribution in [2.45, 2.75) is 38.3 Å². The summed E-state index contributed by atoms with van der Waals surface area (Å²) in [5.41, 5.74) is 1.46. The van der Waals surface area contributed by atoms with Crippen LogP contribution >= 0.6 is 38.5 Å². The molecular weight excluding hydrogens is 469 g/mol. The summed E-state index contributed by atoms with van der Waals surface area (Å²) in [7, 11) is 0. The van der Waals surface area contributed by atoms with Crippen LogP contribution in [-0.4, -0.2) is 20.8 Å². The van der Waals surface area contributed by atoms with E-state index in [-0.39, 0.29) is 16.2 Å². The third kappa shape index (κ3) is 2.80. The van der Waals surface area contributed by atoms with Crippen LogP contribution in [0.4, 0.5) is 8.78 Å². The summed E-state index contributed by atoms with van der Waals surface area (Å²) >= 11 is 5.09. The predicted octanol–water partition coefficient (Wildman–Crippen LogP) is 5.33. The molecule has 0 spiro atoms.